The van der Waals surface area contributed by atoms with E-state index in [1.54, 1.807) is 0 Å². The molecule has 7 heteroatoms. The molecule has 7 nitrogen and oxygen atoms in total. The summed E-state index contributed by atoms with van der Waals surface area (Å²) in [5, 5.41) is 20.7. The minimum absolute atomic E-state index is 0.625. The summed E-state index contributed by atoms with van der Waals surface area (Å²) in [5.74, 6) is 2.18. The van der Waals surface area contributed by atoms with Crippen molar-refractivity contribution in [3.05, 3.63) is 41.9 Å². The van der Waals surface area contributed by atoms with Gasteiger partial charge in [-0.05, 0) is 57.1 Å². The Hall–Kier alpha value is -2.98. The Morgan fingerprint density at radius 1 is 1.23 bits per heavy atom. The molecule has 154 valence electrons. The van der Waals surface area contributed by atoms with Gasteiger partial charge < -0.3 is 5.32 Å². The molecule has 2 aliphatic rings. The molecule has 0 aliphatic carbocycles. The zero-order valence-corrected chi connectivity index (χ0v) is 17.3. The van der Waals surface area contributed by atoms with Crippen LogP contribution < -0.4 is 5.32 Å². The molecule has 2 bridgehead atoms. The van der Waals surface area contributed by atoms with Crippen LogP contribution >= 0.6 is 0 Å². The van der Waals surface area contributed by atoms with Crippen molar-refractivity contribution in [1.82, 2.24) is 25.1 Å². The molecule has 2 N–H and O–H groups in total. The first-order chi connectivity index (χ1) is 14.7. The topological polar surface area (TPSA) is 93.5 Å². The Balaban J connectivity index is 1.38. The number of nitrogens with one attached hydrogen (secondary N) is 2. The molecule has 2 fully saturated rings. The number of fused-ring (bicyclic) bond motifs is 3. The SMILES string of the molecule is Cc1cc(Nc2cc3ncccc3c(C[C@@H]3C[C@H]4CC[C@@H](C3)N4CCC#N)n2)n[nH]1. The number of aromatic nitrogens is 4. The lowest BCUT2D eigenvalue weighted by Gasteiger charge is -2.38. The number of aromatic amines is 1. The maximum absolute atomic E-state index is 8.97. The lowest BCUT2D eigenvalue weighted by molar-refractivity contribution is 0.106. The molecule has 2 saturated heterocycles. The fourth-order valence-electron chi connectivity index (χ4n) is 5.35. The van der Waals surface area contributed by atoms with Crippen molar-refractivity contribution >= 4 is 22.5 Å². The fourth-order valence-corrected chi connectivity index (χ4v) is 5.35. The van der Waals surface area contributed by atoms with Crippen molar-refractivity contribution in [2.24, 2.45) is 5.92 Å². The van der Waals surface area contributed by atoms with E-state index in [-0.39, 0.29) is 0 Å². The lowest BCUT2D eigenvalue weighted by Crippen LogP contribution is -2.43. The van der Waals surface area contributed by atoms with Gasteiger partial charge in [0.05, 0.1) is 17.3 Å². The first kappa shape index (κ1) is 19.0. The molecule has 3 aromatic rings. The molecule has 3 atom stereocenters. The molecule has 0 spiro atoms. The molecule has 5 heterocycles. The Bertz CT molecular complexity index is 1070. The Morgan fingerprint density at radius 3 is 2.80 bits per heavy atom. The van der Waals surface area contributed by atoms with Crippen LogP contribution in [0.1, 0.15) is 43.5 Å². The third kappa shape index (κ3) is 3.75. The molecule has 0 unspecified atom stereocenters. The van der Waals surface area contributed by atoms with Gasteiger partial charge in [-0.3, -0.25) is 15.0 Å². The molecule has 2 aliphatic heterocycles. The van der Waals surface area contributed by atoms with Crippen LogP contribution in [0.5, 0.6) is 0 Å². The average molecular weight is 402 g/mol. The standard InChI is InChI=1S/C23H27N7/c1-15-10-23(29-28-15)27-22-14-20-19(4-2-8-25-20)21(26-22)13-16-11-17-5-6-18(12-16)30(17)9-3-7-24/h2,4,8,10,14,16-18H,3,5-6,9,11-13H2,1H3,(H2,26,27,28,29)/t16-,17-,18+. The van der Waals surface area contributed by atoms with Gasteiger partial charge in [0.15, 0.2) is 5.82 Å². The van der Waals surface area contributed by atoms with Crippen LogP contribution in [0.3, 0.4) is 0 Å². The van der Waals surface area contributed by atoms with Gasteiger partial charge in [-0.1, -0.05) is 0 Å². The Morgan fingerprint density at radius 2 is 2.07 bits per heavy atom. The second-order valence-electron chi connectivity index (χ2n) is 8.66. The van der Waals surface area contributed by atoms with Crippen molar-refractivity contribution in [3.63, 3.8) is 0 Å². The molecular formula is C23H27N7. The number of pyridine rings is 2. The molecule has 0 saturated carbocycles. The summed E-state index contributed by atoms with van der Waals surface area (Å²) in [5.41, 5.74) is 3.09. The van der Waals surface area contributed by atoms with Crippen LogP contribution in [0.25, 0.3) is 10.9 Å². The third-order valence-corrected chi connectivity index (χ3v) is 6.59. The average Bonchev–Trinajstić information content (AvgIpc) is 3.25. The summed E-state index contributed by atoms with van der Waals surface area (Å²) in [6.45, 7) is 2.91. The number of H-pyrrole nitrogens is 1. The predicted molar refractivity (Wildman–Crippen MR) is 116 cm³/mol. The second-order valence-corrected chi connectivity index (χ2v) is 8.66. The number of hydrogen-bond donors (Lipinski definition) is 2. The van der Waals surface area contributed by atoms with Gasteiger partial charge in [0.1, 0.15) is 5.82 Å². The molecule has 5 rings (SSSR count). The van der Waals surface area contributed by atoms with Gasteiger partial charge in [0, 0.05) is 54.5 Å². The first-order valence-corrected chi connectivity index (χ1v) is 10.9. The number of rotatable bonds is 6. The number of nitrogens with zero attached hydrogens (tertiary/aromatic N) is 5. The van der Waals surface area contributed by atoms with Crippen LogP contribution in [0.2, 0.25) is 0 Å². The summed E-state index contributed by atoms with van der Waals surface area (Å²) < 4.78 is 0. The minimum atomic E-state index is 0.625. The van der Waals surface area contributed by atoms with Crippen molar-refractivity contribution in [2.45, 2.75) is 57.5 Å². The van der Waals surface area contributed by atoms with Gasteiger partial charge in [-0.25, -0.2) is 4.98 Å². The van der Waals surface area contributed by atoms with Crippen molar-refractivity contribution in [1.29, 1.82) is 5.26 Å². The number of nitriles is 1. The quantitative estimate of drug-likeness (QED) is 0.646. The van der Waals surface area contributed by atoms with Crippen molar-refractivity contribution < 1.29 is 0 Å². The first-order valence-electron chi connectivity index (χ1n) is 10.9. The van der Waals surface area contributed by atoms with Gasteiger partial charge in [0.25, 0.3) is 0 Å². The summed E-state index contributed by atoms with van der Waals surface area (Å²) in [6, 6.07) is 11.6. The van der Waals surface area contributed by atoms with Gasteiger partial charge in [-0.15, -0.1) is 0 Å². The van der Waals surface area contributed by atoms with E-state index in [9.17, 15) is 0 Å². The van der Waals surface area contributed by atoms with E-state index in [2.05, 4.69) is 37.5 Å². The minimum Gasteiger partial charge on any atom is -0.323 e. The summed E-state index contributed by atoms with van der Waals surface area (Å²) >= 11 is 0. The number of anilines is 2. The number of aryl methyl sites for hydroxylation is 1. The van der Waals surface area contributed by atoms with E-state index in [1.165, 1.54) is 25.7 Å². The lowest BCUT2D eigenvalue weighted by atomic mass is 9.86. The van der Waals surface area contributed by atoms with E-state index in [0.29, 0.717) is 24.4 Å². The van der Waals surface area contributed by atoms with E-state index < -0.39 is 0 Å². The normalized spacial score (nSPS) is 23.5. The molecular weight excluding hydrogens is 374 g/mol. The zero-order chi connectivity index (χ0) is 20.5. The van der Waals surface area contributed by atoms with E-state index in [0.717, 1.165) is 46.9 Å². The van der Waals surface area contributed by atoms with Crippen molar-refractivity contribution in [2.75, 3.05) is 11.9 Å². The highest BCUT2D eigenvalue weighted by Gasteiger charge is 2.40. The molecule has 0 aromatic carbocycles. The molecule has 30 heavy (non-hydrogen) atoms. The Labute approximate surface area is 176 Å². The second kappa shape index (κ2) is 8.04. The van der Waals surface area contributed by atoms with Gasteiger partial charge in [0.2, 0.25) is 0 Å². The van der Waals surface area contributed by atoms with Crippen LogP contribution in [0.4, 0.5) is 11.6 Å². The largest absolute Gasteiger partial charge is 0.323 e. The van der Waals surface area contributed by atoms with Crippen LogP contribution in [-0.4, -0.2) is 43.7 Å². The predicted octanol–water partition coefficient (Wildman–Crippen LogP) is 4.10. The fraction of sp³-hybridized carbons (Fsp3) is 0.478. The van der Waals surface area contributed by atoms with Crippen LogP contribution in [0, 0.1) is 24.2 Å². The highest BCUT2D eigenvalue weighted by Crippen LogP contribution is 2.40. The van der Waals surface area contributed by atoms with Crippen molar-refractivity contribution in [3.8, 4) is 6.07 Å². The number of piperidine rings is 1. The molecule has 0 radical (unpaired) electrons. The van der Waals surface area contributed by atoms with E-state index in [4.69, 9.17) is 10.2 Å². The molecule has 3 aromatic heterocycles. The third-order valence-electron chi connectivity index (χ3n) is 6.59. The maximum Gasteiger partial charge on any atom is 0.153 e. The van der Waals surface area contributed by atoms with Crippen LogP contribution in [-0.2, 0) is 6.42 Å². The molecule has 0 amide bonds. The van der Waals surface area contributed by atoms with Gasteiger partial charge in [-0.2, -0.15) is 10.4 Å². The summed E-state index contributed by atoms with van der Waals surface area (Å²) in [6.07, 6.45) is 8.36. The zero-order valence-electron chi connectivity index (χ0n) is 17.3. The highest BCUT2D eigenvalue weighted by atomic mass is 15.2. The summed E-state index contributed by atoms with van der Waals surface area (Å²) in [4.78, 5) is 12.1. The number of hydrogen-bond acceptors (Lipinski definition) is 6. The van der Waals surface area contributed by atoms with E-state index in [1.807, 2.05) is 31.3 Å². The van der Waals surface area contributed by atoms with E-state index >= 15 is 0 Å². The monoisotopic (exact) mass is 401 g/mol. The van der Waals surface area contributed by atoms with Crippen LogP contribution in [0.15, 0.2) is 30.5 Å². The maximum atomic E-state index is 8.97. The highest BCUT2D eigenvalue weighted by molar-refractivity contribution is 5.83. The van der Waals surface area contributed by atoms with Gasteiger partial charge >= 0.3 is 0 Å². The smallest absolute Gasteiger partial charge is 0.153 e. The summed E-state index contributed by atoms with van der Waals surface area (Å²) in [7, 11) is 0. The Kier molecular flexibility index (Phi) is 5.09.